The Hall–Kier alpha value is -2.44. The molecule has 0 saturated heterocycles. The van der Waals surface area contributed by atoms with Crippen molar-refractivity contribution in [1.82, 2.24) is 25.1 Å². The van der Waals surface area contributed by atoms with Crippen LogP contribution in [0.4, 0.5) is 5.69 Å². The van der Waals surface area contributed by atoms with E-state index >= 15 is 0 Å². The number of nitrogens with zero attached hydrogens (tertiary/aromatic N) is 4. The number of amides is 1. The Balaban J connectivity index is 2.12. The summed E-state index contributed by atoms with van der Waals surface area (Å²) < 4.78 is 0. The number of nitrogens with two attached hydrogens (primary N) is 1. The van der Waals surface area contributed by atoms with E-state index in [2.05, 4.69) is 20.2 Å². The number of H-pyrrole nitrogens is 1. The van der Waals surface area contributed by atoms with E-state index in [1.54, 1.807) is 26.1 Å². The van der Waals surface area contributed by atoms with Crippen LogP contribution in [0.25, 0.3) is 0 Å². The molecule has 2 aromatic rings. The Morgan fingerprint density at radius 3 is 2.94 bits per heavy atom. The molecular weight excluding hydrogens is 232 g/mol. The molecule has 3 N–H and O–H groups in total. The van der Waals surface area contributed by atoms with Crippen molar-refractivity contribution in [3.8, 4) is 0 Å². The molecule has 2 rings (SSSR count). The van der Waals surface area contributed by atoms with Gasteiger partial charge in [0, 0.05) is 13.2 Å². The highest BCUT2D eigenvalue weighted by Gasteiger charge is 2.17. The molecule has 0 bridgehead atoms. The number of nitrogen functional groups attached to an aromatic ring is 1. The maximum atomic E-state index is 12.1. The van der Waals surface area contributed by atoms with Crippen molar-refractivity contribution >= 4 is 11.6 Å². The zero-order valence-electron chi connectivity index (χ0n) is 10.2. The zero-order chi connectivity index (χ0) is 13.1. The van der Waals surface area contributed by atoms with E-state index in [-0.39, 0.29) is 11.6 Å². The van der Waals surface area contributed by atoms with Gasteiger partial charge in [0.15, 0.2) is 11.5 Å². The third-order valence-corrected chi connectivity index (χ3v) is 2.41. The van der Waals surface area contributed by atoms with Gasteiger partial charge in [-0.1, -0.05) is 0 Å². The Bertz CT molecular complexity index is 564. The van der Waals surface area contributed by atoms with E-state index in [4.69, 9.17) is 5.73 Å². The van der Waals surface area contributed by atoms with Crippen LogP contribution in [0.1, 0.15) is 22.1 Å². The van der Waals surface area contributed by atoms with Crippen molar-refractivity contribution in [2.45, 2.75) is 13.5 Å². The summed E-state index contributed by atoms with van der Waals surface area (Å²) in [5.41, 5.74) is 6.31. The van der Waals surface area contributed by atoms with Gasteiger partial charge in [-0.05, 0) is 19.1 Å². The fourth-order valence-electron chi connectivity index (χ4n) is 1.52. The van der Waals surface area contributed by atoms with Crippen molar-refractivity contribution in [2.24, 2.45) is 0 Å². The van der Waals surface area contributed by atoms with Gasteiger partial charge in [-0.3, -0.25) is 9.89 Å². The van der Waals surface area contributed by atoms with Gasteiger partial charge in [-0.15, -0.1) is 0 Å². The minimum Gasteiger partial charge on any atom is -0.397 e. The van der Waals surface area contributed by atoms with Crippen molar-refractivity contribution in [3.05, 3.63) is 35.7 Å². The first-order valence-electron chi connectivity index (χ1n) is 5.41. The summed E-state index contributed by atoms with van der Waals surface area (Å²) in [7, 11) is 1.65. The molecule has 0 saturated carbocycles. The number of anilines is 1. The van der Waals surface area contributed by atoms with Gasteiger partial charge in [-0.2, -0.15) is 5.10 Å². The molecule has 7 nitrogen and oxygen atoms in total. The van der Waals surface area contributed by atoms with Gasteiger partial charge in [0.25, 0.3) is 5.91 Å². The third kappa shape index (κ3) is 2.45. The molecule has 0 aliphatic rings. The summed E-state index contributed by atoms with van der Waals surface area (Å²) in [5.74, 6) is 1.01. The summed E-state index contributed by atoms with van der Waals surface area (Å²) in [6.45, 7) is 2.11. The maximum Gasteiger partial charge on any atom is 0.274 e. The molecule has 0 atom stereocenters. The minimum atomic E-state index is -0.254. The van der Waals surface area contributed by atoms with E-state index in [1.807, 2.05) is 0 Å². The molecule has 0 aliphatic carbocycles. The summed E-state index contributed by atoms with van der Waals surface area (Å²) in [6, 6.07) is 3.33. The van der Waals surface area contributed by atoms with Crippen molar-refractivity contribution in [3.63, 3.8) is 0 Å². The Labute approximate surface area is 104 Å². The second-order valence-corrected chi connectivity index (χ2v) is 3.94. The lowest BCUT2D eigenvalue weighted by Crippen LogP contribution is -2.28. The average molecular weight is 246 g/mol. The number of rotatable bonds is 3. The molecule has 18 heavy (non-hydrogen) atoms. The van der Waals surface area contributed by atoms with Gasteiger partial charge in [-0.25, -0.2) is 9.97 Å². The highest BCUT2D eigenvalue weighted by molar-refractivity contribution is 5.96. The standard InChI is InChI=1S/C11H14N6O/c1-7-14-9(16-15-7)6-17(2)11(18)10-8(12)4-3-5-13-10/h3-5H,6,12H2,1-2H3,(H,14,15,16). The van der Waals surface area contributed by atoms with E-state index < -0.39 is 0 Å². The molecule has 0 fully saturated rings. The van der Waals surface area contributed by atoms with Gasteiger partial charge < -0.3 is 10.6 Å². The normalized spacial score (nSPS) is 10.3. The van der Waals surface area contributed by atoms with E-state index in [0.717, 1.165) is 0 Å². The van der Waals surface area contributed by atoms with Gasteiger partial charge in [0.2, 0.25) is 0 Å². The molecule has 7 heteroatoms. The van der Waals surface area contributed by atoms with E-state index in [1.165, 1.54) is 11.1 Å². The van der Waals surface area contributed by atoms with Crippen LogP contribution in [0.15, 0.2) is 18.3 Å². The summed E-state index contributed by atoms with van der Waals surface area (Å²) in [5, 5.41) is 6.70. The summed E-state index contributed by atoms with van der Waals surface area (Å²) >= 11 is 0. The summed E-state index contributed by atoms with van der Waals surface area (Å²) in [6.07, 6.45) is 1.54. The predicted octanol–water partition coefficient (Wildman–Crippen LogP) is 0.363. The number of carbonyl (C=O) groups is 1. The summed E-state index contributed by atoms with van der Waals surface area (Å²) in [4.78, 5) is 21.7. The molecule has 0 unspecified atom stereocenters. The second-order valence-electron chi connectivity index (χ2n) is 3.94. The topological polar surface area (TPSA) is 101 Å². The second kappa shape index (κ2) is 4.82. The Kier molecular flexibility index (Phi) is 3.22. The van der Waals surface area contributed by atoms with Crippen LogP contribution in [0.2, 0.25) is 0 Å². The zero-order valence-corrected chi connectivity index (χ0v) is 10.2. The number of aromatic amines is 1. The van der Waals surface area contributed by atoms with Crippen molar-refractivity contribution in [1.29, 1.82) is 0 Å². The van der Waals surface area contributed by atoms with Crippen LogP contribution in [-0.4, -0.2) is 38.0 Å². The van der Waals surface area contributed by atoms with Crippen LogP contribution in [0.5, 0.6) is 0 Å². The Morgan fingerprint density at radius 1 is 1.56 bits per heavy atom. The Morgan fingerprint density at radius 2 is 2.33 bits per heavy atom. The van der Waals surface area contributed by atoms with Gasteiger partial charge >= 0.3 is 0 Å². The molecule has 0 spiro atoms. The largest absolute Gasteiger partial charge is 0.397 e. The molecular formula is C11H14N6O. The fraction of sp³-hybridized carbons (Fsp3) is 0.273. The van der Waals surface area contributed by atoms with Crippen LogP contribution in [0.3, 0.4) is 0 Å². The van der Waals surface area contributed by atoms with Crippen LogP contribution in [-0.2, 0) is 6.54 Å². The highest BCUT2D eigenvalue weighted by atomic mass is 16.2. The van der Waals surface area contributed by atoms with E-state index in [9.17, 15) is 4.79 Å². The maximum absolute atomic E-state index is 12.1. The number of hydrogen-bond acceptors (Lipinski definition) is 5. The molecule has 94 valence electrons. The number of pyridine rings is 1. The lowest BCUT2D eigenvalue weighted by molar-refractivity contribution is 0.0777. The molecule has 0 radical (unpaired) electrons. The quantitative estimate of drug-likeness (QED) is 0.814. The van der Waals surface area contributed by atoms with Crippen molar-refractivity contribution in [2.75, 3.05) is 12.8 Å². The number of nitrogens with one attached hydrogen (secondary N) is 1. The minimum absolute atomic E-state index is 0.243. The van der Waals surface area contributed by atoms with Crippen LogP contribution < -0.4 is 5.73 Å². The molecule has 1 amide bonds. The van der Waals surface area contributed by atoms with Crippen LogP contribution >= 0.6 is 0 Å². The highest BCUT2D eigenvalue weighted by Crippen LogP contribution is 2.10. The molecule has 0 aromatic carbocycles. The molecule has 2 heterocycles. The number of hydrogen-bond donors (Lipinski definition) is 2. The fourth-order valence-corrected chi connectivity index (χ4v) is 1.52. The first-order chi connectivity index (χ1) is 8.58. The molecule has 2 aromatic heterocycles. The number of carbonyl (C=O) groups excluding carboxylic acids is 1. The molecule has 0 aliphatic heterocycles. The average Bonchev–Trinajstić information content (AvgIpc) is 2.74. The van der Waals surface area contributed by atoms with Crippen LogP contribution in [0, 0.1) is 6.92 Å². The van der Waals surface area contributed by atoms with Gasteiger partial charge in [0.05, 0.1) is 12.2 Å². The predicted molar refractivity (Wildman–Crippen MR) is 65.6 cm³/mol. The smallest absolute Gasteiger partial charge is 0.274 e. The van der Waals surface area contributed by atoms with Crippen molar-refractivity contribution < 1.29 is 4.79 Å². The lowest BCUT2D eigenvalue weighted by atomic mass is 10.2. The number of aryl methyl sites for hydroxylation is 1. The van der Waals surface area contributed by atoms with E-state index in [0.29, 0.717) is 23.9 Å². The SMILES string of the molecule is Cc1nc(CN(C)C(=O)c2ncccc2N)n[nH]1. The first kappa shape index (κ1) is 12.0. The lowest BCUT2D eigenvalue weighted by Gasteiger charge is -2.15. The number of aromatic nitrogens is 4. The van der Waals surface area contributed by atoms with Gasteiger partial charge in [0.1, 0.15) is 5.82 Å². The monoisotopic (exact) mass is 246 g/mol. The first-order valence-corrected chi connectivity index (χ1v) is 5.41. The third-order valence-electron chi connectivity index (χ3n) is 2.41.